The number of nitrogens with one attached hydrogen (secondary N) is 3. The van der Waals surface area contributed by atoms with Gasteiger partial charge in [-0.1, -0.05) is 13.8 Å². The molecule has 0 spiro atoms. The molecule has 13 nitrogen and oxygen atoms in total. The predicted molar refractivity (Wildman–Crippen MR) is 126 cm³/mol. The molecule has 0 aromatic rings. The first-order valence-electron chi connectivity index (χ1n) is 10.7. The number of aliphatic carboxylic acids is 1. The maximum absolute atomic E-state index is 12.9. The van der Waals surface area contributed by atoms with E-state index in [1.807, 2.05) is 6.26 Å². The lowest BCUT2D eigenvalue weighted by Crippen LogP contribution is -2.58. The van der Waals surface area contributed by atoms with E-state index in [1.54, 1.807) is 13.8 Å². The van der Waals surface area contributed by atoms with E-state index in [0.29, 0.717) is 12.2 Å². The molecule has 0 aliphatic rings. The van der Waals surface area contributed by atoms with Gasteiger partial charge in [0.25, 0.3) is 0 Å². The zero-order valence-corrected chi connectivity index (χ0v) is 20.5. The Morgan fingerprint density at radius 3 is 1.74 bits per heavy atom. The maximum atomic E-state index is 12.9. The van der Waals surface area contributed by atoms with Crippen molar-refractivity contribution in [2.45, 2.75) is 70.1 Å². The molecule has 5 amide bonds. The van der Waals surface area contributed by atoms with Crippen molar-refractivity contribution in [1.82, 2.24) is 16.0 Å². The molecule has 0 fully saturated rings. The highest BCUT2D eigenvalue weighted by atomic mass is 32.2. The molecule has 0 aromatic heterocycles. The molecule has 10 N–H and O–H groups in total. The fraction of sp³-hybridized carbons (Fsp3) is 0.700. The molecule has 0 bridgehead atoms. The average molecular weight is 505 g/mol. The highest BCUT2D eigenvalue weighted by Gasteiger charge is 2.31. The number of carboxylic acids is 1. The molecule has 194 valence electrons. The Hall–Kier alpha value is -2.87. The summed E-state index contributed by atoms with van der Waals surface area (Å²) in [4.78, 5) is 71.6. The maximum Gasteiger partial charge on any atom is 0.326 e. The van der Waals surface area contributed by atoms with Crippen LogP contribution < -0.4 is 33.2 Å². The lowest BCUT2D eigenvalue weighted by molar-refractivity contribution is -0.143. The average Bonchev–Trinajstić information content (AvgIpc) is 2.74. The zero-order chi connectivity index (χ0) is 26.4. The molecule has 14 heteroatoms. The summed E-state index contributed by atoms with van der Waals surface area (Å²) in [6.07, 6.45) is 1.26. The van der Waals surface area contributed by atoms with Gasteiger partial charge in [-0.15, -0.1) is 0 Å². The van der Waals surface area contributed by atoms with E-state index in [1.165, 1.54) is 11.8 Å². The minimum absolute atomic E-state index is 0.207. The van der Waals surface area contributed by atoms with Crippen LogP contribution in [0.3, 0.4) is 0 Å². The molecule has 0 aliphatic heterocycles. The molecule has 0 saturated heterocycles. The monoisotopic (exact) mass is 504 g/mol. The lowest BCUT2D eigenvalue weighted by Gasteiger charge is -2.27. The van der Waals surface area contributed by atoms with Crippen LogP contribution in [0.25, 0.3) is 0 Å². The van der Waals surface area contributed by atoms with Crippen LogP contribution >= 0.6 is 11.8 Å². The number of carboxylic acid groups (broad SMARTS) is 1. The van der Waals surface area contributed by atoms with E-state index in [4.69, 9.17) is 17.2 Å². The summed E-state index contributed by atoms with van der Waals surface area (Å²) in [5, 5.41) is 16.5. The van der Waals surface area contributed by atoms with Gasteiger partial charge >= 0.3 is 5.97 Å². The SMILES string of the molecule is CSCCC(N)C(=O)NC(C(=O)NC(CCC(N)=O)C(=O)NC(CCC(N)=O)C(=O)O)C(C)C. The van der Waals surface area contributed by atoms with E-state index < -0.39 is 59.7 Å². The van der Waals surface area contributed by atoms with Gasteiger partial charge in [0, 0.05) is 12.8 Å². The number of rotatable bonds is 17. The zero-order valence-electron chi connectivity index (χ0n) is 19.7. The fourth-order valence-corrected chi connectivity index (χ4v) is 3.29. The summed E-state index contributed by atoms with van der Waals surface area (Å²) in [6.45, 7) is 3.36. The van der Waals surface area contributed by atoms with E-state index in [9.17, 15) is 33.9 Å². The smallest absolute Gasteiger partial charge is 0.326 e. The molecule has 0 radical (unpaired) electrons. The Labute approximate surface area is 202 Å². The second-order valence-corrected chi connectivity index (χ2v) is 9.07. The van der Waals surface area contributed by atoms with E-state index >= 15 is 0 Å². The number of nitrogens with two attached hydrogens (primary N) is 3. The van der Waals surface area contributed by atoms with Gasteiger partial charge in [-0.2, -0.15) is 11.8 Å². The molecule has 4 atom stereocenters. The molecule has 34 heavy (non-hydrogen) atoms. The van der Waals surface area contributed by atoms with Crippen molar-refractivity contribution in [2.75, 3.05) is 12.0 Å². The van der Waals surface area contributed by atoms with Gasteiger partial charge in [-0.3, -0.25) is 24.0 Å². The van der Waals surface area contributed by atoms with Crippen molar-refractivity contribution in [2.24, 2.45) is 23.1 Å². The van der Waals surface area contributed by atoms with Crippen molar-refractivity contribution in [3.63, 3.8) is 0 Å². The van der Waals surface area contributed by atoms with Gasteiger partial charge in [0.2, 0.25) is 29.5 Å². The van der Waals surface area contributed by atoms with Gasteiger partial charge in [0.05, 0.1) is 6.04 Å². The molecule has 0 saturated carbocycles. The topological polar surface area (TPSA) is 237 Å². The van der Waals surface area contributed by atoms with Crippen LogP contribution in [-0.2, 0) is 28.8 Å². The number of carbonyl (C=O) groups excluding carboxylic acids is 5. The Bertz CT molecular complexity index is 749. The number of hydrogen-bond acceptors (Lipinski definition) is 8. The lowest BCUT2D eigenvalue weighted by atomic mass is 10.0. The van der Waals surface area contributed by atoms with Gasteiger partial charge in [0.15, 0.2) is 0 Å². The fourth-order valence-electron chi connectivity index (χ4n) is 2.80. The van der Waals surface area contributed by atoms with Gasteiger partial charge in [0.1, 0.15) is 18.1 Å². The molecule has 4 unspecified atom stereocenters. The molecule has 0 aromatic carbocycles. The van der Waals surface area contributed by atoms with Gasteiger partial charge in [-0.05, 0) is 37.2 Å². The van der Waals surface area contributed by atoms with Crippen LogP contribution in [0.4, 0.5) is 0 Å². The second kappa shape index (κ2) is 15.9. The summed E-state index contributed by atoms with van der Waals surface area (Å²) in [5.41, 5.74) is 16.0. The molecule has 0 aliphatic carbocycles. The standard InChI is InChI=1S/C20H36N6O7S/c1-10(2)16(26-17(29)11(21)8-9-34-3)19(31)24-12(4-6-14(22)27)18(30)25-13(20(32)33)5-7-15(23)28/h10-13,16H,4-9,21H2,1-3H3,(H2,22,27)(H2,23,28)(H,24,31)(H,25,30)(H,26,29)(H,32,33). The molecule has 0 rings (SSSR count). The van der Waals surface area contributed by atoms with E-state index in [0.717, 1.165) is 0 Å². The highest BCUT2D eigenvalue weighted by molar-refractivity contribution is 7.98. The minimum atomic E-state index is -1.44. The van der Waals surface area contributed by atoms with Crippen LogP contribution in [0, 0.1) is 5.92 Å². The number of carbonyl (C=O) groups is 6. The first-order valence-corrected chi connectivity index (χ1v) is 12.1. The van der Waals surface area contributed by atoms with Crippen LogP contribution in [0.5, 0.6) is 0 Å². The van der Waals surface area contributed by atoms with Crippen molar-refractivity contribution in [3.8, 4) is 0 Å². The Morgan fingerprint density at radius 2 is 1.29 bits per heavy atom. The number of amides is 5. The Morgan fingerprint density at radius 1 is 0.794 bits per heavy atom. The van der Waals surface area contributed by atoms with Crippen molar-refractivity contribution < 1.29 is 33.9 Å². The molecule has 0 heterocycles. The number of primary amides is 2. The normalized spacial score (nSPS) is 14.4. The summed E-state index contributed by atoms with van der Waals surface area (Å²) in [7, 11) is 0. The van der Waals surface area contributed by atoms with Crippen molar-refractivity contribution in [1.29, 1.82) is 0 Å². The van der Waals surface area contributed by atoms with E-state index in [2.05, 4.69) is 16.0 Å². The summed E-state index contributed by atoms with van der Waals surface area (Å²) < 4.78 is 0. The Balaban J connectivity index is 5.47. The minimum Gasteiger partial charge on any atom is -0.480 e. The van der Waals surface area contributed by atoms with Gasteiger partial charge < -0.3 is 38.3 Å². The van der Waals surface area contributed by atoms with E-state index in [-0.39, 0.29) is 31.6 Å². The number of hydrogen-bond donors (Lipinski definition) is 7. The summed E-state index contributed by atoms with van der Waals surface area (Å²) in [5.74, 6) is -4.73. The predicted octanol–water partition coefficient (Wildman–Crippen LogP) is -2.21. The van der Waals surface area contributed by atoms with Crippen LogP contribution in [0.2, 0.25) is 0 Å². The number of thioether (sulfide) groups is 1. The third-order valence-corrected chi connectivity index (χ3v) is 5.47. The highest BCUT2D eigenvalue weighted by Crippen LogP contribution is 2.07. The van der Waals surface area contributed by atoms with Crippen LogP contribution in [0.1, 0.15) is 46.0 Å². The van der Waals surface area contributed by atoms with Crippen LogP contribution in [0.15, 0.2) is 0 Å². The first kappa shape index (κ1) is 31.1. The van der Waals surface area contributed by atoms with Crippen LogP contribution in [-0.4, -0.2) is 76.8 Å². The summed E-state index contributed by atoms with van der Waals surface area (Å²) in [6, 6.07) is -4.62. The third-order valence-electron chi connectivity index (χ3n) is 4.82. The Kier molecular flexibility index (Phi) is 14.5. The molecular formula is C20H36N6O7S. The summed E-state index contributed by atoms with van der Waals surface area (Å²) >= 11 is 1.52. The van der Waals surface area contributed by atoms with Crippen molar-refractivity contribution >= 4 is 47.3 Å². The molecular weight excluding hydrogens is 468 g/mol. The first-order chi connectivity index (χ1) is 15.8. The second-order valence-electron chi connectivity index (χ2n) is 8.09. The third kappa shape index (κ3) is 12.4. The van der Waals surface area contributed by atoms with Gasteiger partial charge in [-0.25, -0.2) is 4.79 Å². The quantitative estimate of drug-likeness (QED) is 0.113. The largest absolute Gasteiger partial charge is 0.480 e. The van der Waals surface area contributed by atoms with Crippen molar-refractivity contribution in [3.05, 3.63) is 0 Å².